The van der Waals surface area contributed by atoms with Gasteiger partial charge in [-0.3, -0.25) is 9.69 Å². The number of hydrogen-bond donors (Lipinski definition) is 1. The van der Waals surface area contributed by atoms with Gasteiger partial charge < -0.3 is 14.8 Å². The highest BCUT2D eigenvalue weighted by Gasteiger charge is 2.48. The Morgan fingerprint density at radius 3 is 2.27 bits per heavy atom. The lowest BCUT2D eigenvalue weighted by atomic mass is 9.92. The van der Waals surface area contributed by atoms with Crippen LogP contribution in [0.4, 0.5) is 9.18 Å². The lowest BCUT2D eigenvalue weighted by Crippen LogP contribution is -2.41. The molecule has 26 heavy (non-hydrogen) atoms. The molecule has 0 radical (unpaired) electrons. The summed E-state index contributed by atoms with van der Waals surface area (Å²) in [7, 11) is 1.56. The minimum Gasteiger partial charge on any atom is -0.497 e. The first kappa shape index (κ1) is 17.7. The molecule has 0 aliphatic carbocycles. The van der Waals surface area contributed by atoms with Gasteiger partial charge in [0, 0.05) is 0 Å². The fourth-order valence-electron chi connectivity index (χ4n) is 2.81. The Bertz CT molecular complexity index is 807. The molecule has 0 spiro atoms. The molecule has 0 unspecified atom stereocenters. The van der Waals surface area contributed by atoms with Crippen molar-refractivity contribution in [2.75, 3.05) is 20.3 Å². The summed E-state index contributed by atoms with van der Waals surface area (Å²) in [6, 6.07) is 12.0. The number of hydrogen-bond acceptors (Lipinski definition) is 4. The molecule has 0 saturated carbocycles. The molecule has 2 aromatic carbocycles. The van der Waals surface area contributed by atoms with Gasteiger partial charge in [-0.25, -0.2) is 9.18 Å². The summed E-state index contributed by atoms with van der Waals surface area (Å²) in [5.74, 6) is 0.423. The van der Waals surface area contributed by atoms with Crippen molar-refractivity contribution in [2.24, 2.45) is 0 Å². The number of amides is 3. The van der Waals surface area contributed by atoms with Gasteiger partial charge in [0.15, 0.2) is 0 Å². The SMILES string of the molecule is COc1ccc([C@]2(C)NC(=O)N(CCOc3ccc(F)cc3)C2=O)cc1. The Labute approximate surface area is 150 Å². The van der Waals surface area contributed by atoms with E-state index >= 15 is 0 Å². The number of ether oxygens (including phenoxy) is 2. The third-order valence-electron chi connectivity index (χ3n) is 4.34. The highest BCUT2D eigenvalue weighted by molar-refractivity contribution is 6.07. The summed E-state index contributed by atoms with van der Waals surface area (Å²) < 4.78 is 23.5. The molecule has 136 valence electrons. The predicted octanol–water partition coefficient (Wildman–Crippen LogP) is 2.68. The van der Waals surface area contributed by atoms with Crippen molar-refractivity contribution in [3.8, 4) is 11.5 Å². The van der Waals surface area contributed by atoms with Crippen molar-refractivity contribution in [1.82, 2.24) is 10.2 Å². The standard InChI is InChI=1S/C19H19FN2O4/c1-19(13-3-7-15(25-2)8-4-13)17(23)22(18(24)21-19)11-12-26-16-9-5-14(20)6-10-16/h3-10H,11-12H2,1-2H3,(H,21,24)/t19-/m0/s1. The third-order valence-corrected chi connectivity index (χ3v) is 4.34. The Morgan fingerprint density at radius 1 is 1.04 bits per heavy atom. The summed E-state index contributed by atoms with van der Waals surface area (Å²) >= 11 is 0. The van der Waals surface area contributed by atoms with Crippen LogP contribution in [0.3, 0.4) is 0 Å². The molecule has 3 amide bonds. The molecule has 1 saturated heterocycles. The number of rotatable bonds is 6. The van der Waals surface area contributed by atoms with Gasteiger partial charge in [-0.05, 0) is 48.9 Å². The van der Waals surface area contributed by atoms with Crippen molar-refractivity contribution in [1.29, 1.82) is 0 Å². The largest absolute Gasteiger partial charge is 0.497 e. The quantitative estimate of drug-likeness (QED) is 0.806. The number of urea groups is 1. The zero-order chi connectivity index (χ0) is 18.7. The molecule has 3 rings (SSSR count). The second kappa shape index (κ2) is 7.03. The number of benzene rings is 2. The number of carbonyl (C=O) groups is 2. The van der Waals surface area contributed by atoms with E-state index in [0.717, 1.165) is 4.90 Å². The highest BCUT2D eigenvalue weighted by Crippen LogP contribution is 2.29. The van der Waals surface area contributed by atoms with E-state index in [-0.39, 0.29) is 24.9 Å². The summed E-state index contributed by atoms with van der Waals surface area (Å²) in [5, 5.41) is 2.73. The molecule has 7 heteroatoms. The van der Waals surface area contributed by atoms with Gasteiger partial charge in [-0.2, -0.15) is 0 Å². The second-order valence-corrected chi connectivity index (χ2v) is 6.04. The fourth-order valence-corrected chi connectivity index (χ4v) is 2.81. The van der Waals surface area contributed by atoms with E-state index < -0.39 is 11.6 Å². The Morgan fingerprint density at radius 2 is 1.65 bits per heavy atom. The summed E-state index contributed by atoms with van der Waals surface area (Å²) in [6.07, 6.45) is 0. The molecule has 1 atom stereocenters. The maximum Gasteiger partial charge on any atom is 0.325 e. The molecular weight excluding hydrogens is 339 g/mol. The topological polar surface area (TPSA) is 67.9 Å². The number of carbonyl (C=O) groups excluding carboxylic acids is 2. The van der Waals surface area contributed by atoms with Crippen LogP contribution in [0.1, 0.15) is 12.5 Å². The summed E-state index contributed by atoms with van der Waals surface area (Å²) in [5.41, 5.74) is -0.474. The monoisotopic (exact) mass is 358 g/mol. The van der Waals surface area contributed by atoms with Gasteiger partial charge in [-0.1, -0.05) is 12.1 Å². The summed E-state index contributed by atoms with van der Waals surface area (Å²) in [4.78, 5) is 26.2. The van der Waals surface area contributed by atoms with E-state index in [2.05, 4.69) is 5.32 Å². The molecule has 2 aromatic rings. The predicted molar refractivity (Wildman–Crippen MR) is 92.5 cm³/mol. The van der Waals surface area contributed by atoms with Crippen LogP contribution in [0.25, 0.3) is 0 Å². The van der Waals surface area contributed by atoms with Crippen LogP contribution in [0.15, 0.2) is 48.5 Å². The first-order valence-corrected chi connectivity index (χ1v) is 8.11. The minimum absolute atomic E-state index is 0.0911. The molecular formula is C19H19FN2O4. The lowest BCUT2D eigenvalue weighted by Gasteiger charge is -2.22. The Hall–Kier alpha value is -3.09. The van der Waals surface area contributed by atoms with Crippen molar-refractivity contribution in [2.45, 2.75) is 12.5 Å². The van der Waals surface area contributed by atoms with Gasteiger partial charge in [0.25, 0.3) is 5.91 Å². The van der Waals surface area contributed by atoms with Crippen molar-refractivity contribution >= 4 is 11.9 Å². The normalized spacial score (nSPS) is 19.4. The van der Waals surface area contributed by atoms with Gasteiger partial charge in [0.1, 0.15) is 29.5 Å². The lowest BCUT2D eigenvalue weighted by molar-refractivity contribution is -0.131. The van der Waals surface area contributed by atoms with Crippen LogP contribution in [-0.4, -0.2) is 37.1 Å². The van der Waals surface area contributed by atoms with Crippen LogP contribution >= 0.6 is 0 Å². The first-order chi connectivity index (χ1) is 12.4. The number of halogens is 1. The van der Waals surface area contributed by atoms with E-state index in [1.54, 1.807) is 38.3 Å². The van der Waals surface area contributed by atoms with Crippen LogP contribution in [-0.2, 0) is 10.3 Å². The molecule has 0 aromatic heterocycles. The molecule has 1 fully saturated rings. The van der Waals surface area contributed by atoms with E-state index in [1.165, 1.54) is 24.3 Å². The molecule has 1 aliphatic rings. The molecule has 1 N–H and O–H groups in total. The zero-order valence-electron chi connectivity index (χ0n) is 14.5. The second-order valence-electron chi connectivity index (χ2n) is 6.04. The molecule has 6 nitrogen and oxygen atoms in total. The van der Waals surface area contributed by atoms with Crippen molar-refractivity contribution < 1.29 is 23.5 Å². The smallest absolute Gasteiger partial charge is 0.325 e. The van der Waals surface area contributed by atoms with Gasteiger partial charge in [0.05, 0.1) is 13.7 Å². The number of nitrogens with one attached hydrogen (secondary N) is 1. The Balaban J connectivity index is 1.66. The van der Waals surface area contributed by atoms with Crippen molar-refractivity contribution in [3.05, 3.63) is 59.9 Å². The van der Waals surface area contributed by atoms with Crippen LogP contribution in [0.5, 0.6) is 11.5 Å². The van der Waals surface area contributed by atoms with Crippen LogP contribution < -0.4 is 14.8 Å². The molecule has 1 aliphatic heterocycles. The van der Waals surface area contributed by atoms with E-state index in [0.29, 0.717) is 17.1 Å². The van der Waals surface area contributed by atoms with Gasteiger partial charge >= 0.3 is 6.03 Å². The third kappa shape index (κ3) is 3.33. The Kier molecular flexibility index (Phi) is 4.79. The van der Waals surface area contributed by atoms with Crippen LogP contribution in [0.2, 0.25) is 0 Å². The highest BCUT2D eigenvalue weighted by atomic mass is 19.1. The molecule has 1 heterocycles. The maximum absolute atomic E-state index is 12.9. The van der Waals surface area contributed by atoms with Gasteiger partial charge in [-0.15, -0.1) is 0 Å². The van der Waals surface area contributed by atoms with Gasteiger partial charge in [0.2, 0.25) is 0 Å². The van der Waals surface area contributed by atoms with Crippen LogP contribution in [0, 0.1) is 5.82 Å². The first-order valence-electron chi connectivity index (χ1n) is 8.11. The van der Waals surface area contributed by atoms with E-state index in [4.69, 9.17) is 9.47 Å². The number of methoxy groups -OCH3 is 1. The van der Waals surface area contributed by atoms with E-state index in [1.807, 2.05) is 0 Å². The minimum atomic E-state index is -1.14. The average Bonchev–Trinajstić information content (AvgIpc) is 2.87. The fraction of sp³-hybridized carbons (Fsp3) is 0.263. The molecule has 0 bridgehead atoms. The van der Waals surface area contributed by atoms with Crippen molar-refractivity contribution in [3.63, 3.8) is 0 Å². The average molecular weight is 358 g/mol. The van der Waals surface area contributed by atoms with E-state index in [9.17, 15) is 14.0 Å². The summed E-state index contributed by atoms with van der Waals surface area (Å²) in [6.45, 7) is 1.87. The number of imide groups is 1. The maximum atomic E-state index is 12.9. The number of nitrogens with zero attached hydrogens (tertiary/aromatic N) is 1. The zero-order valence-corrected chi connectivity index (χ0v) is 14.5.